The van der Waals surface area contributed by atoms with Gasteiger partial charge in [0.15, 0.2) is 0 Å². The lowest BCUT2D eigenvalue weighted by Crippen LogP contribution is -2.37. The average molecular weight is 359 g/mol. The molecule has 3 nitrogen and oxygen atoms in total. The molecule has 134 valence electrons. The van der Waals surface area contributed by atoms with Gasteiger partial charge < -0.3 is 9.32 Å². The molecule has 0 spiro atoms. The topological polar surface area (TPSA) is 33.5 Å². The zero-order chi connectivity index (χ0) is 18.6. The van der Waals surface area contributed by atoms with Gasteiger partial charge in [0.2, 0.25) is 5.91 Å². The molecule has 0 saturated heterocycles. The molecule has 1 amide bonds. The van der Waals surface area contributed by atoms with Crippen molar-refractivity contribution < 1.29 is 22.4 Å². The van der Waals surface area contributed by atoms with Crippen LogP contribution in [-0.2, 0) is 11.3 Å². The molecule has 3 rings (SSSR count). The van der Waals surface area contributed by atoms with Gasteiger partial charge in [-0.15, -0.1) is 0 Å². The Labute approximate surface area is 148 Å². The molecule has 1 aromatic heterocycles. The monoisotopic (exact) mass is 359 g/mol. The minimum atomic E-state index is -4.49. The van der Waals surface area contributed by atoms with Gasteiger partial charge in [-0.3, -0.25) is 4.79 Å². The quantitative estimate of drug-likeness (QED) is 0.598. The summed E-state index contributed by atoms with van der Waals surface area (Å²) in [5.41, 5.74) is 0.765. The third kappa shape index (κ3) is 4.53. The van der Waals surface area contributed by atoms with Crippen LogP contribution in [0.5, 0.6) is 0 Å². The Morgan fingerprint density at radius 1 is 1.04 bits per heavy atom. The van der Waals surface area contributed by atoms with Gasteiger partial charge in [-0.05, 0) is 34.5 Å². The molecule has 1 heterocycles. The van der Waals surface area contributed by atoms with E-state index >= 15 is 0 Å². The summed E-state index contributed by atoms with van der Waals surface area (Å²) in [7, 11) is 0. The first-order chi connectivity index (χ1) is 12.4. The molecule has 2 aromatic carbocycles. The lowest BCUT2D eigenvalue weighted by Gasteiger charge is -2.21. The zero-order valence-electron chi connectivity index (χ0n) is 13.7. The van der Waals surface area contributed by atoms with E-state index in [9.17, 15) is 18.0 Å². The molecule has 3 aromatic rings. The number of nitrogens with zero attached hydrogens (tertiary/aromatic N) is 1. The Balaban J connectivity index is 1.83. The minimum Gasteiger partial charge on any atom is -0.467 e. The van der Waals surface area contributed by atoms with Crippen molar-refractivity contribution in [3.8, 4) is 0 Å². The van der Waals surface area contributed by atoms with Crippen molar-refractivity contribution in [1.82, 2.24) is 4.90 Å². The van der Waals surface area contributed by atoms with E-state index in [1.165, 1.54) is 18.4 Å². The molecule has 0 atom stereocenters. The molecule has 0 aliphatic carbocycles. The fourth-order valence-electron chi connectivity index (χ4n) is 2.68. The van der Waals surface area contributed by atoms with Gasteiger partial charge >= 0.3 is 6.18 Å². The first-order valence-electron chi connectivity index (χ1n) is 7.96. The van der Waals surface area contributed by atoms with Gasteiger partial charge in [0.25, 0.3) is 0 Å². The van der Waals surface area contributed by atoms with Crippen molar-refractivity contribution in [2.24, 2.45) is 0 Å². The number of alkyl halides is 3. The second-order valence-electron chi connectivity index (χ2n) is 5.79. The normalized spacial score (nSPS) is 12.0. The van der Waals surface area contributed by atoms with E-state index in [0.717, 1.165) is 22.4 Å². The van der Waals surface area contributed by atoms with Crippen LogP contribution in [0.1, 0.15) is 11.3 Å². The molecular weight excluding hydrogens is 343 g/mol. The van der Waals surface area contributed by atoms with Crippen molar-refractivity contribution in [2.75, 3.05) is 6.54 Å². The predicted molar refractivity (Wildman–Crippen MR) is 93.2 cm³/mol. The SMILES string of the molecule is O=C(/C=C/c1cccc2ccccc12)N(Cc1ccco1)CC(F)(F)F. The molecule has 0 aliphatic heterocycles. The Morgan fingerprint density at radius 2 is 1.81 bits per heavy atom. The smallest absolute Gasteiger partial charge is 0.406 e. The third-order valence-electron chi connectivity index (χ3n) is 3.84. The minimum absolute atomic E-state index is 0.245. The van der Waals surface area contributed by atoms with Crippen molar-refractivity contribution in [3.63, 3.8) is 0 Å². The van der Waals surface area contributed by atoms with Crippen LogP contribution in [0.25, 0.3) is 16.8 Å². The zero-order valence-corrected chi connectivity index (χ0v) is 13.7. The van der Waals surface area contributed by atoms with Crippen LogP contribution in [0.4, 0.5) is 13.2 Å². The highest BCUT2D eigenvalue weighted by molar-refractivity contribution is 5.96. The number of rotatable bonds is 5. The molecule has 26 heavy (non-hydrogen) atoms. The first kappa shape index (κ1) is 17.8. The summed E-state index contributed by atoms with van der Waals surface area (Å²) in [5.74, 6) is -0.437. The summed E-state index contributed by atoms with van der Waals surface area (Å²) in [6.45, 7) is -1.59. The largest absolute Gasteiger partial charge is 0.467 e. The molecule has 0 unspecified atom stereocenters. The van der Waals surface area contributed by atoms with Crippen LogP contribution in [0.2, 0.25) is 0 Å². The molecule has 0 aliphatic rings. The number of furan rings is 1. The van der Waals surface area contributed by atoms with Crippen molar-refractivity contribution in [1.29, 1.82) is 0 Å². The second-order valence-corrected chi connectivity index (χ2v) is 5.79. The third-order valence-corrected chi connectivity index (χ3v) is 3.84. The molecule has 0 saturated carbocycles. The highest BCUT2D eigenvalue weighted by atomic mass is 19.4. The fraction of sp³-hybridized carbons (Fsp3) is 0.150. The molecule has 0 radical (unpaired) electrons. The number of amides is 1. The highest BCUT2D eigenvalue weighted by Gasteiger charge is 2.32. The van der Waals surface area contributed by atoms with E-state index in [2.05, 4.69) is 0 Å². The standard InChI is InChI=1S/C20H16F3NO2/c21-20(22,23)14-24(13-17-8-4-12-26-17)19(25)11-10-16-7-3-6-15-5-1-2-9-18(15)16/h1-12H,13-14H2/b11-10+. The Morgan fingerprint density at radius 3 is 2.54 bits per heavy atom. The molecule has 0 bridgehead atoms. The van der Waals surface area contributed by atoms with E-state index in [4.69, 9.17) is 4.42 Å². The number of fused-ring (bicyclic) bond motifs is 1. The van der Waals surface area contributed by atoms with Gasteiger partial charge in [-0.2, -0.15) is 13.2 Å². The number of hydrogen-bond acceptors (Lipinski definition) is 2. The summed E-state index contributed by atoms with van der Waals surface area (Å²) in [6.07, 6.45) is -0.431. The van der Waals surface area contributed by atoms with Gasteiger partial charge in [0.1, 0.15) is 12.3 Å². The van der Waals surface area contributed by atoms with Gasteiger partial charge in [-0.25, -0.2) is 0 Å². The molecule has 0 fully saturated rings. The number of halogens is 3. The summed E-state index contributed by atoms with van der Waals surface area (Å²) >= 11 is 0. The maximum absolute atomic E-state index is 12.8. The van der Waals surface area contributed by atoms with Gasteiger partial charge in [-0.1, -0.05) is 42.5 Å². The van der Waals surface area contributed by atoms with Crippen LogP contribution in [0.15, 0.2) is 71.4 Å². The number of hydrogen-bond donors (Lipinski definition) is 0. The lowest BCUT2D eigenvalue weighted by molar-refractivity contribution is -0.159. The lowest BCUT2D eigenvalue weighted by atomic mass is 10.0. The number of benzene rings is 2. The molecule has 6 heteroatoms. The summed E-state index contributed by atoms with van der Waals surface area (Å²) < 4.78 is 43.5. The van der Waals surface area contributed by atoms with Gasteiger partial charge in [0.05, 0.1) is 12.8 Å². The van der Waals surface area contributed by atoms with Crippen molar-refractivity contribution in [3.05, 3.63) is 78.3 Å². The number of carbonyl (C=O) groups excluding carboxylic acids is 1. The Hall–Kier alpha value is -3.02. The van der Waals surface area contributed by atoms with E-state index in [1.807, 2.05) is 42.5 Å². The van der Waals surface area contributed by atoms with E-state index in [-0.39, 0.29) is 6.54 Å². The van der Waals surface area contributed by atoms with E-state index in [1.54, 1.807) is 6.07 Å². The number of carbonyl (C=O) groups is 1. The second kappa shape index (κ2) is 7.47. The fourth-order valence-corrected chi connectivity index (χ4v) is 2.68. The molecular formula is C20H16F3NO2. The van der Waals surface area contributed by atoms with E-state index < -0.39 is 18.6 Å². The van der Waals surface area contributed by atoms with Crippen LogP contribution in [0, 0.1) is 0 Å². The van der Waals surface area contributed by atoms with Gasteiger partial charge in [0, 0.05) is 6.08 Å². The predicted octanol–water partition coefficient (Wildman–Crippen LogP) is 5.04. The van der Waals surface area contributed by atoms with E-state index in [0.29, 0.717) is 10.7 Å². The summed E-state index contributed by atoms with van der Waals surface area (Å²) in [4.78, 5) is 13.1. The summed E-state index contributed by atoms with van der Waals surface area (Å²) in [6, 6.07) is 16.3. The van der Waals surface area contributed by atoms with Crippen LogP contribution in [0.3, 0.4) is 0 Å². The Bertz CT molecular complexity index is 909. The van der Waals surface area contributed by atoms with Crippen LogP contribution < -0.4 is 0 Å². The highest BCUT2D eigenvalue weighted by Crippen LogP contribution is 2.21. The van der Waals surface area contributed by atoms with Crippen LogP contribution in [-0.4, -0.2) is 23.5 Å². The maximum Gasteiger partial charge on any atom is 0.406 e. The Kier molecular flexibility index (Phi) is 5.11. The average Bonchev–Trinajstić information content (AvgIpc) is 3.11. The molecule has 0 N–H and O–H groups in total. The summed E-state index contributed by atoms with van der Waals surface area (Å²) in [5, 5.41) is 1.91. The van der Waals surface area contributed by atoms with Crippen LogP contribution >= 0.6 is 0 Å². The first-order valence-corrected chi connectivity index (χ1v) is 7.96. The van der Waals surface area contributed by atoms with Crippen molar-refractivity contribution in [2.45, 2.75) is 12.7 Å². The maximum atomic E-state index is 12.8. The van der Waals surface area contributed by atoms with Crippen molar-refractivity contribution >= 4 is 22.8 Å².